The molecule has 1 aromatic heterocycles. The second kappa shape index (κ2) is 7.02. The maximum Gasteiger partial charge on any atom is 0.253 e. The first kappa shape index (κ1) is 16.4. The van der Waals surface area contributed by atoms with E-state index >= 15 is 0 Å². The van der Waals surface area contributed by atoms with Crippen molar-refractivity contribution in [1.29, 1.82) is 0 Å². The normalized spacial score (nSPS) is 10.8. The van der Waals surface area contributed by atoms with E-state index in [1.165, 1.54) is 0 Å². The van der Waals surface area contributed by atoms with Crippen LogP contribution >= 0.6 is 11.6 Å². The molecule has 128 valence electrons. The van der Waals surface area contributed by atoms with E-state index in [2.05, 4.69) is 10.4 Å². The van der Waals surface area contributed by atoms with E-state index in [-0.39, 0.29) is 5.91 Å². The predicted molar refractivity (Wildman–Crippen MR) is 104 cm³/mol. The van der Waals surface area contributed by atoms with Crippen LogP contribution < -0.4 is 5.32 Å². The van der Waals surface area contributed by atoms with E-state index < -0.39 is 0 Å². The molecular weight excluding hydrogens is 346 g/mol. The average molecular weight is 362 g/mol. The molecule has 0 unspecified atom stereocenters. The highest BCUT2D eigenvalue weighted by Gasteiger charge is 2.13. The molecule has 0 aliphatic carbocycles. The molecular formula is C21H16ClN3O. The van der Waals surface area contributed by atoms with E-state index in [1.807, 2.05) is 72.9 Å². The van der Waals surface area contributed by atoms with Crippen molar-refractivity contribution in [2.45, 2.75) is 6.54 Å². The van der Waals surface area contributed by atoms with Crippen molar-refractivity contribution in [3.8, 4) is 5.69 Å². The van der Waals surface area contributed by atoms with Gasteiger partial charge in [0.15, 0.2) is 0 Å². The fourth-order valence-corrected chi connectivity index (χ4v) is 3.02. The lowest BCUT2D eigenvalue weighted by molar-refractivity contribution is 0.0951. The Balaban J connectivity index is 1.64. The molecule has 0 aliphatic heterocycles. The van der Waals surface area contributed by atoms with E-state index in [0.29, 0.717) is 17.1 Å². The Kier molecular flexibility index (Phi) is 4.42. The lowest BCUT2D eigenvalue weighted by Crippen LogP contribution is -2.24. The highest BCUT2D eigenvalue weighted by Crippen LogP contribution is 2.21. The number of amides is 1. The minimum atomic E-state index is -0.137. The highest BCUT2D eigenvalue weighted by molar-refractivity contribution is 6.31. The SMILES string of the molecule is O=C(NCc1ccccc1)c1ccccc1-n1cc2ccc(Cl)cc2n1. The van der Waals surface area contributed by atoms with Crippen molar-refractivity contribution in [3.63, 3.8) is 0 Å². The molecule has 4 aromatic rings. The van der Waals surface area contributed by atoms with Crippen LogP contribution in [0.3, 0.4) is 0 Å². The molecule has 4 rings (SSSR count). The fourth-order valence-electron chi connectivity index (χ4n) is 2.85. The number of carbonyl (C=O) groups excluding carboxylic acids is 1. The molecule has 0 saturated carbocycles. The number of para-hydroxylation sites is 1. The molecule has 5 heteroatoms. The second-order valence-corrected chi connectivity index (χ2v) is 6.40. The molecule has 0 aliphatic rings. The lowest BCUT2D eigenvalue weighted by Gasteiger charge is -2.10. The minimum absolute atomic E-state index is 0.137. The van der Waals surface area contributed by atoms with Gasteiger partial charge in [-0.05, 0) is 35.9 Å². The van der Waals surface area contributed by atoms with Crippen LogP contribution in [0.5, 0.6) is 0 Å². The highest BCUT2D eigenvalue weighted by atomic mass is 35.5. The minimum Gasteiger partial charge on any atom is -0.348 e. The molecule has 26 heavy (non-hydrogen) atoms. The van der Waals surface area contributed by atoms with Crippen LogP contribution in [0.4, 0.5) is 0 Å². The quantitative estimate of drug-likeness (QED) is 0.577. The summed E-state index contributed by atoms with van der Waals surface area (Å²) in [7, 11) is 0. The first-order valence-corrected chi connectivity index (χ1v) is 8.65. The first-order chi connectivity index (χ1) is 12.7. The number of hydrogen-bond donors (Lipinski definition) is 1. The molecule has 3 aromatic carbocycles. The zero-order valence-corrected chi connectivity index (χ0v) is 14.6. The second-order valence-electron chi connectivity index (χ2n) is 5.96. The maximum absolute atomic E-state index is 12.7. The molecule has 1 N–H and O–H groups in total. The number of hydrogen-bond acceptors (Lipinski definition) is 2. The number of benzene rings is 3. The summed E-state index contributed by atoms with van der Waals surface area (Å²) in [5, 5.41) is 9.13. The van der Waals surface area contributed by atoms with Crippen LogP contribution in [0.1, 0.15) is 15.9 Å². The summed E-state index contributed by atoms with van der Waals surface area (Å²) >= 11 is 6.04. The van der Waals surface area contributed by atoms with Crippen molar-refractivity contribution in [3.05, 3.63) is 95.1 Å². The number of fused-ring (bicyclic) bond motifs is 1. The van der Waals surface area contributed by atoms with Gasteiger partial charge >= 0.3 is 0 Å². The van der Waals surface area contributed by atoms with E-state index in [9.17, 15) is 4.79 Å². The Morgan fingerprint density at radius 1 is 1.00 bits per heavy atom. The summed E-state index contributed by atoms with van der Waals surface area (Å²) in [5.74, 6) is -0.137. The van der Waals surface area contributed by atoms with Gasteiger partial charge in [-0.1, -0.05) is 54.1 Å². The van der Waals surface area contributed by atoms with Gasteiger partial charge in [0.05, 0.1) is 16.8 Å². The topological polar surface area (TPSA) is 46.9 Å². The molecule has 4 nitrogen and oxygen atoms in total. The summed E-state index contributed by atoms with van der Waals surface area (Å²) in [4.78, 5) is 12.7. The maximum atomic E-state index is 12.7. The van der Waals surface area contributed by atoms with Gasteiger partial charge in [-0.2, -0.15) is 5.10 Å². The van der Waals surface area contributed by atoms with Crippen LogP contribution in [-0.2, 0) is 6.54 Å². The van der Waals surface area contributed by atoms with Crippen LogP contribution in [-0.4, -0.2) is 15.7 Å². The number of nitrogens with one attached hydrogen (secondary N) is 1. The van der Waals surface area contributed by atoms with Crippen molar-refractivity contribution in [1.82, 2.24) is 15.1 Å². The Morgan fingerprint density at radius 3 is 2.62 bits per heavy atom. The molecule has 0 saturated heterocycles. The third-order valence-corrected chi connectivity index (χ3v) is 4.40. The van der Waals surface area contributed by atoms with Crippen LogP contribution in [0.25, 0.3) is 16.6 Å². The molecule has 1 amide bonds. The number of rotatable bonds is 4. The molecule has 0 atom stereocenters. The van der Waals surface area contributed by atoms with Gasteiger partial charge in [-0.25, -0.2) is 4.68 Å². The fraction of sp³-hybridized carbons (Fsp3) is 0.0476. The number of halogens is 1. The predicted octanol–water partition coefficient (Wildman–Crippen LogP) is 4.61. The zero-order chi connectivity index (χ0) is 17.9. The van der Waals surface area contributed by atoms with Gasteiger partial charge in [0.25, 0.3) is 5.91 Å². The Labute approximate surface area is 156 Å². The summed E-state index contributed by atoms with van der Waals surface area (Å²) in [6, 6.07) is 22.8. The zero-order valence-electron chi connectivity index (χ0n) is 13.9. The monoisotopic (exact) mass is 361 g/mol. The molecule has 0 fully saturated rings. The summed E-state index contributed by atoms with van der Waals surface area (Å²) in [5.41, 5.74) is 3.14. The number of carbonyl (C=O) groups is 1. The Morgan fingerprint density at radius 2 is 1.77 bits per heavy atom. The Hall–Kier alpha value is -3.11. The van der Waals surface area contributed by atoms with E-state index in [0.717, 1.165) is 22.2 Å². The smallest absolute Gasteiger partial charge is 0.253 e. The van der Waals surface area contributed by atoms with Crippen molar-refractivity contribution >= 4 is 28.4 Å². The van der Waals surface area contributed by atoms with Crippen LogP contribution in [0, 0.1) is 0 Å². The largest absolute Gasteiger partial charge is 0.348 e. The van der Waals surface area contributed by atoms with Gasteiger partial charge in [-0.15, -0.1) is 0 Å². The molecule has 0 radical (unpaired) electrons. The summed E-state index contributed by atoms with van der Waals surface area (Å²) in [6.45, 7) is 0.477. The number of nitrogens with zero attached hydrogens (tertiary/aromatic N) is 2. The van der Waals surface area contributed by atoms with Crippen molar-refractivity contribution in [2.24, 2.45) is 0 Å². The Bertz CT molecular complexity index is 1070. The van der Waals surface area contributed by atoms with E-state index in [1.54, 1.807) is 10.7 Å². The molecule has 0 bridgehead atoms. The average Bonchev–Trinajstić information content (AvgIpc) is 3.10. The first-order valence-electron chi connectivity index (χ1n) is 8.27. The summed E-state index contributed by atoms with van der Waals surface area (Å²) in [6.07, 6.45) is 1.90. The van der Waals surface area contributed by atoms with Gasteiger partial charge in [-0.3, -0.25) is 4.79 Å². The van der Waals surface area contributed by atoms with Gasteiger partial charge in [0.2, 0.25) is 0 Å². The lowest BCUT2D eigenvalue weighted by atomic mass is 10.1. The van der Waals surface area contributed by atoms with Gasteiger partial charge < -0.3 is 5.32 Å². The van der Waals surface area contributed by atoms with Gasteiger partial charge in [0, 0.05) is 23.2 Å². The van der Waals surface area contributed by atoms with Gasteiger partial charge in [0.1, 0.15) is 0 Å². The third-order valence-electron chi connectivity index (χ3n) is 4.16. The number of aromatic nitrogens is 2. The van der Waals surface area contributed by atoms with Crippen LogP contribution in [0.15, 0.2) is 79.0 Å². The molecule has 0 spiro atoms. The van der Waals surface area contributed by atoms with Crippen LogP contribution in [0.2, 0.25) is 5.02 Å². The molecule has 1 heterocycles. The standard InChI is InChI=1S/C21H16ClN3O/c22-17-11-10-16-14-25(24-19(16)12-17)20-9-5-4-8-18(20)21(26)23-13-15-6-2-1-3-7-15/h1-12,14H,13H2,(H,23,26). The van der Waals surface area contributed by atoms with Crippen molar-refractivity contribution in [2.75, 3.05) is 0 Å². The summed E-state index contributed by atoms with van der Waals surface area (Å²) < 4.78 is 1.72. The third kappa shape index (κ3) is 3.32. The van der Waals surface area contributed by atoms with Crippen molar-refractivity contribution < 1.29 is 4.79 Å². The van der Waals surface area contributed by atoms with E-state index in [4.69, 9.17) is 11.6 Å².